The number of piperidine rings is 2. The van der Waals surface area contributed by atoms with Crippen molar-refractivity contribution in [1.29, 1.82) is 0 Å². The molecule has 2 aliphatic heterocycles. The molecule has 6 nitrogen and oxygen atoms in total. The van der Waals surface area contributed by atoms with Crippen LogP contribution in [-0.4, -0.2) is 60.2 Å². The fraction of sp³-hybridized carbons (Fsp3) is 0.750. The molecule has 1 aromatic heterocycles. The highest BCUT2D eigenvalue weighted by molar-refractivity contribution is 5.92. The van der Waals surface area contributed by atoms with E-state index in [0.29, 0.717) is 11.8 Å². The predicted octanol–water partition coefficient (Wildman–Crippen LogP) is 2.89. The van der Waals surface area contributed by atoms with Gasteiger partial charge in [0.05, 0.1) is 18.5 Å². The van der Waals surface area contributed by atoms with Gasteiger partial charge in [0.2, 0.25) is 0 Å². The highest BCUT2D eigenvalue weighted by Gasteiger charge is 2.46. The van der Waals surface area contributed by atoms with Crippen LogP contribution >= 0.6 is 0 Å². The van der Waals surface area contributed by atoms with Crippen LogP contribution < -0.4 is 4.90 Å². The van der Waals surface area contributed by atoms with E-state index in [9.17, 15) is 4.79 Å². The van der Waals surface area contributed by atoms with Crippen molar-refractivity contribution in [3.05, 3.63) is 18.1 Å². The Morgan fingerprint density at radius 1 is 1.12 bits per heavy atom. The normalized spacial score (nSPS) is 29.3. The third-order valence-corrected chi connectivity index (χ3v) is 6.53. The minimum atomic E-state index is 0.0291. The third kappa shape index (κ3) is 3.31. The molecule has 3 aliphatic rings. The summed E-state index contributed by atoms with van der Waals surface area (Å²) < 4.78 is 5.81. The summed E-state index contributed by atoms with van der Waals surface area (Å²) in [5.74, 6) is 0.870. The maximum Gasteiger partial charge on any atom is 0.274 e. The Bertz CT molecular complexity index is 646. The molecular formula is C20H30N4O2. The molecule has 3 fully saturated rings. The highest BCUT2D eigenvalue weighted by Crippen LogP contribution is 2.46. The van der Waals surface area contributed by atoms with Crippen molar-refractivity contribution in [3.63, 3.8) is 0 Å². The van der Waals surface area contributed by atoms with Crippen LogP contribution in [0.4, 0.5) is 5.82 Å². The van der Waals surface area contributed by atoms with Gasteiger partial charge in [0.15, 0.2) is 0 Å². The zero-order valence-electron chi connectivity index (χ0n) is 15.8. The van der Waals surface area contributed by atoms with Crippen LogP contribution in [0.3, 0.4) is 0 Å². The number of hydrogen-bond acceptors (Lipinski definition) is 5. The minimum absolute atomic E-state index is 0.0291. The number of likely N-dealkylation sites (tertiary alicyclic amines) is 1. The van der Waals surface area contributed by atoms with Crippen LogP contribution in [0.1, 0.15) is 61.9 Å². The first-order valence-electron chi connectivity index (χ1n) is 10.1. The van der Waals surface area contributed by atoms with Crippen LogP contribution in [0, 0.1) is 5.41 Å². The molecule has 142 valence electrons. The summed E-state index contributed by atoms with van der Waals surface area (Å²) in [6, 6.07) is 0. The molecule has 4 rings (SSSR count). The standard InChI is InChI=1S/C20H30N4O2/c1-26-17-7-5-8-20(17)9-6-12-24(15-20)18-14-21-13-16(22-18)19(25)23-10-3-2-4-11-23/h13-14,17H,2-12,15H2,1H3/t17-,20+/m1/s1. The Kier molecular flexibility index (Phi) is 5.11. The quantitative estimate of drug-likeness (QED) is 0.831. The van der Waals surface area contributed by atoms with E-state index in [4.69, 9.17) is 9.72 Å². The second-order valence-corrected chi connectivity index (χ2v) is 8.12. The second-order valence-electron chi connectivity index (χ2n) is 8.12. The van der Waals surface area contributed by atoms with Gasteiger partial charge in [-0.05, 0) is 44.9 Å². The van der Waals surface area contributed by atoms with E-state index in [2.05, 4.69) is 9.88 Å². The predicted molar refractivity (Wildman–Crippen MR) is 100 cm³/mol. The topological polar surface area (TPSA) is 58.6 Å². The molecule has 2 atom stereocenters. The van der Waals surface area contributed by atoms with Gasteiger partial charge in [0.1, 0.15) is 11.5 Å². The third-order valence-electron chi connectivity index (χ3n) is 6.53. The number of aromatic nitrogens is 2. The molecule has 0 aromatic carbocycles. The number of carbonyl (C=O) groups is 1. The first-order valence-corrected chi connectivity index (χ1v) is 10.1. The summed E-state index contributed by atoms with van der Waals surface area (Å²) in [5, 5.41) is 0. The number of rotatable bonds is 3. The smallest absolute Gasteiger partial charge is 0.274 e. The van der Waals surface area contributed by atoms with Gasteiger partial charge in [-0.25, -0.2) is 4.98 Å². The monoisotopic (exact) mass is 358 g/mol. The molecule has 6 heteroatoms. The van der Waals surface area contributed by atoms with Gasteiger partial charge in [0.25, 0.3) is 5.91 Å². The van der Waals surface area contributed by atoms with Gasteiger partial charge in [-0.15, -0.1) is 0 Å². The minimum Gasteiger partial charge on any atom is -0.381 e. The average molecular weight is 358 g/mol. The fourth-order valence-electron chi connectivity index (χ4n) is 5.17. The highest BCUT2D eigenvalue weighted by atomic mass is 16.5. The van der Waals surface area contributed by atoms with Crippen molar-refractivity contribution >= 4 is 11.7 Å². The molecule has 1 amide bonds. The molecule has 1 aromatic rings. The van der Waals surface area contributed by atoms with E-state index < -0.39 is 0 Å². The van der Waals surface area contributed by atoms with E-state index in [-0.39, 0.29) is 11.3 Å². The van der Waals surface area contributed by atoms with Gasteiger partial charge in [-0.1, -0.05) is 6.42 Å². The van der Waals surface area contributed by atoms with Crippen LogP contribution in [0.15, 0.2) is 12.4 Å². The van der Waals surface area contributed by atoms with Crippen LogP contribution in [0.2, 0.25) is 0 Å². The number of nitrogens with zero attached hydrogens (tertiary/aromatic N) is 4. The van der Waals surface area contributed by atoms with Crippen molar-refractivity contribution in [1.82, 2.24) is 14.9 Å². The summed E-state index contributed by atoms with van der Waals surface area (Å²) in [4.78, 5) is 26.1. The molecule has 0 unspecified atom stereocenters. The molecule has 1 aliphatic carbocycles. The molecule has 0 N–H and O–H groups in total. The summed E-state index contributed by atoms with van der Waals surface area (Å²) in [6.07, 6.45) is 13.2. The van der Waals surface area contributed by atoms with E-state index >= 15 is 0 Å². The zero-order valence-corrected chi connectivity index (χ0v) is 15.8. The fourth-order valence-corrected chi connectivity index (χ4v) is 5.17. The lowest BCUT2D eigenvalue weighted by Crippen LogP contribution is -2.48. The van der Waals surface area contributed by atoms with Crippen molar-refractivity contribution < 1.29 is 9.53 Å². The Morgan fingerprint density at radius 3 is 2.73 bits per heavy atom. The molecule has 1 saturated carbocycles. The first kappa shape index (κ1) is 17.7. The van der Waals surface area contributed by atoms with Gasteiger partial charge < -0.3 is 14.5 Å². The van der Waals surface area contributed by atoms with Crippen molar-refractivity contribution in [3.8, 4) is 0 Å². The van der Waals surface area contributed by atoms with Crippen LogP contribution in [0.5, 0.6) is 0 Å². The van der Waals surface area contributed by atoms with Crippen molar-refractivity contribution in [2.24, 2.45) is 5.41 Å². The Labute approximate surface area is 155 Å². The maximum absolute atomic E-state index is 12.8. The molecular weight excluding hydrogens is 328 g/mol. The van der Waals surface area contributed by atoms with Crippen LogP contribution in [0.25, 0.3) is 0 Å². The van der Waals surface area contributed by atoms with E-state index in [1.807, 2.05) is 18.2 Å². The number of hydrogen-bond donors (Lipinski definition) is 0. The SMILES string of the molecule is CO[C@@H]1CCC[C@@]12CCCN(c1cncc(C(=O)N3CCCCC3)n1)C2. The van der Waals surface area contributed by atoms with E-state index in [1.165, 1.54) is 25.7 Å². The average Bonchev–Trinajstić information content (AvgIpc) is 3.09. The number of ether oxygens (including phenoxy) is 1. The molecule has 0 radical (unpaired) electrons. The lowest BCUT2D eigenvalue weighted by atomic mass is 9.76. The number of amides is 1. The molecule has 26 heavy (non-hydrogen) atoms. The van der Waals surface area contributed by atoms with E-state index in [0.717, 1.165) is 57.7 Å². The lowest BCUT2D eigenvalue weighted by Gasteiger charge is -2.44. The van der Waals surface area contributed by atoms with Crippen molar-refractivity contribution in [2.45, 2.75) is 57.5 Å². The Morgan fingerprint density at radius 2 is 1.92 bits per heavy atom. The summed E-state index contributed by atoms with van der Waals surface area (Å²) in [6.45, 7) is 3.62. The zero-order chi connectivity index (χ0) is 18.0. The van der Waals surface area contributed by atoms with E-state index in [1.54, 1.807) is 6.20 Å². The molecule has 2 saturated heterocycles. The maximum atomic E-state index is 12.8. The first-order chi connectivity index (χ1) is 12.7. The Balaban J connectivity index is 1.51. The summed E-state index contributed by atoms with van der Waals surface area (Å²) in [7, 11) is 1.84. The van der Waals surface area contributed by atoms with Crippen LogP contribution in [-0.2, 0) is 4.74 Å². The second kappa shape index (κ2) is 7.51. The van der Waals surface area contributed by atoms with Gasteiger partial charge in [-0.2, -0.15) is 0 Å². The lowest BCUT2D eigenvalue weighted by molar-refractivity contribution is 0.00214. The molecule has 1 spiro atoms. The number of carbonyl (C=O) groups excluding carboxylic acids is 1. The number of methoxy groups -OCH3 is 1. The Hall–Kier alpha value is -1.69. The van der Waals surface area contributed by atoms with Gasteiger partial charge in [0, 0.05) is 38.7 Å². The summed E-state index contributed by atoms with van der Waals surface area (Å²) in [5.41, 5.74) is 0.723. The van der Waals surface area contributed by atoms with Gasteiger partial charge in [-0.3, -0.25) is 9.78 Å². The number of anilines is 1. The van der Waals surface area contributed by atoms with Gasteiger partial charge >= 0.3 is 0 Å². The largest absolute Gasteiger partial charge is 0.381 e. The van der Waals surface area contributed by atoms with Crippen molar-refractivity contribution in [2.75, 3.05) is 38.2 Å². The molecule has 3 heterocycles. The summed E-state index contributed by atoms with van der Waals surface area (Å²) >= 11 is 0. The molecule has 0 bridgehead atoms.